The smallest absolute Gasteiger partial charge is 0.234 e. The highest BCUT2D eigenvalue weighted by atomic mass is 16.2. The summed E-state index contributed by atoms with van der Waals surface area (Å²) in [4.78, 5) is 26.6. The van der Waals surface area contributed by atoms with Crippen LogP contribution in [0.4, 0.5) is 0 Å². The molecule has 1 saturated carbocycles. The van der Waals surface area contributed by atoms with E-state index in [4.69, 9.17) is 0 Å². The number of piperidine rings is 1. The predicted molar refractivity (Wildman–Crippen MR) is 96.6 cm³/mol. The molecule has 0 bridgehead atoms. The van der Waals surface area contributed by atoms with Crippen LogP contribution in [0, 0.1) is 11.3 Å². The molecule has 2 N–H and O–H groups in total. The lowest BCUT2D eigenvalue weighted by Gasteiger charge is -2.39. The highest BCUT2D eigenvalue weighted by Crippen LogP contribution is 2.40. The van der Waals surface area contributed by atoms with Gasteiger partial charge in [-0.1, -0.05) is 33.6 Å². The second-order valence-corrected chi connectivity index (χ2v) is 8.20. The van der Waals surface area contributed by atoms with Crippen LogP contribution >= 0.6 is 0 Å². The predicted octanol–water partition coefficient (Wildman–Crippen LogP) is 2.31. The zero-order chi connectivity index (χ0) is 17.6. The van der Waals surface area contributed by atoms with Gasteiger partial charge >= 0.3 is 0 Å². The van der Waals surface area contributed by atoms with Gasteiger partial charge in [-0.05, 0) is 37.5 Å². The number of nitrogens with one attached hydrogen (secondary N) is 2. The Labute approximate surface area is 146 Å². The standard InChI is InChI=1S/C19H35N3O2/c1-4-11-20-17(23)14-22-12-8-15(9-13-22)21-18(24)16-7-5-6-10-19(16,2)3/h15-16H,4-14H2,1-3H3,(H,20,23)(H,21,24). The number of amides is 2. The Balaban J connectivity index is 1.72. The molecule has 2 rings (SSSR count). The number of hydrogen-bond donors (Lipinski definition) is 2. The zero-order valence-electron chi connectivity index (χ0n) is 15.7. The van der Waals surface area contributed by atoms with Crippen molar-refractivity contribution in [3.63, 3.8) is 0 Å². The number of likely N-dealkylation sites (tertiary alicyclic amines) is 1. The van der Waals surface area contributed by atoms with Crippen LogP contribution in [0.25, 0.3) is 0 Å². The van der Waals surface area contributed by atoms with Gasteiger partial charge in [0.2, 0.25) is 11.8 Å². The molecule has 1 saturated heterocycles. The monoisotopic (exact) mass is 337 g/mol. The fourth-order valence-electron chi connectivity index (χ4n) is 4.04. The van der Waals surface area contributed by atoms with Gasteiger partial charge in [0.15, 0.2) is 0 Å². The largest absolute Gasteiger partial charge is 0.355 e. The first kappa shape index (κ1) is 19.2. The van der Waals surface area contributed by atoms with Gasteiger partial charge in [0.1, 0.15) is 0 Å². The third-order valence-electron chi connectivity index (χ3n) is 5.70. The van der Waals surface area contributed by atoms with Gasteiger partial charge in [0.25, 0.3) is 0 Å². The van der Waals surface area contributed by atoms with E-state index < -0.39 is 0 Å². The van der Waals surface area contributed by atoms with Crippen LogP contribution in [0.3, 0.4) is 0 Å². The summed E-state index contributed by atoms with van der Waals surface area (Å²) in [5, 5.41) is 6.21. The summed E-state index contributed by atoms with van der Waals surface area (Å²) < 4.78 is 0. The Morgan fingerprint density at radius 1 is 1.12 bits per heavy atom. The Kier molecular flexibility index (Phi) is 7.08. The summed E-state index contributed by atoms with van der Waals surface area (Å²) in [7, 11) is 0. The minimum Gasteiger partial charge on any atom is -0.355 e. The van der Waals surface area contributed by atoms with E-state index in [1.165, 1.54) is 12.8 Å². The number of hydrogen-bond acceptors (Lipinski definition) is 3. The lowest BCUT2D eigenvalue weighted by atomic mass is 9.68. The van der Waals surface area contributed by atoms with Crippen molar-refractivity contribution in [2.45, 2.75) is 71.8 Å². The SMILES string of the molecule is CCCNC(=O)CN1CCC(NC(=O)C2CCCCC2(C)C)CC1. The minimum atomic E-state index is 0.114. The van der Waals surface area contributed by atoms with Crippen molar-refractivity contribution in [2.24, 2.45) is 11.3 Å². The Morgan fingerprint density at radius 3 is 2.46 bits per heavy atom. The van der Waals surface area contributed by atoms with E-state index >= 15 is 0 Å². The molecule has 1 atom stereocenters. The molecule has 5 heteroatoms. The van der Waals surface area contributed by atoms with Gasteiger partial charge in [0.05, 0.1) is 6.54 Å². The Bertz CT molecular complexity index is 428. The lowest BCUT2D eigenvalue weighted by molar-refractivity contribution is -0.131. The van der Waals surface area contributed by atoms with Gasteiger partial charge in [-0.3, -0.25) is 14.5 Å². The molecule has 1 unspecified atom stereocenters. The van der Waals surface area contributed by atoms with Crippen molar-refractivity contribution < 1.29 is 9.59 Å². The van der Waals surface area contributed by atoms with Crippen LogP contribution < -0.4 is 10.6 Å². The summed E-state index contributed by atoms with van der Waals surface area (Å²) in [5.41, 5.74) is 0.125. The highest BCUT2D eigenvalue weighted by molar-refractivity contribution is 5.80. The van der Waals surface area contributed by atoms with E-state index in [-0.39, 0.29) is 29.2 Å². The summed E-state index contributed by atoms with van der Waals surface area (Å²) in [6, 6.07) is 0.269. The van der Waals surface area contributed by atoms with Crippen LogP contribution in [-0.4, -0.2) is 48.9 Å². The molecule has 1 aliphatic heterocycles. The summed E-state index contributed by atoms with van der Waals surface area (Å²) in [6.07, 6.45) is 7.45. The molecule has 1 aliphatic carbocycles. The Morgan fingerprint density at radius 2 is 1.83 bits per heavy atom. The molecule has 2 fully saturated rings. The quantitative estimate of drug-likeness (QED) is 0.782. The van der Waals surface area contributed by atoms with Gasteiger partial charge in [-0.15, -0.1) is 0 Å². The van der Waals surface area contributed by atoms with Crippen molar-refractivity contribution in [1.82, 2.24) is 15.5 Å². The van der Waals surface area contributed by atoms with Crippen LogP contribution in [-0.2, 0) is 9.59 Å². The van der Waals surface area contributed by atoms with Gasteiger partial charge in [0, 0.05) is 31.6 Å². The van der Waals surface area contributed by atoms with Gasteiger partial charge in [-0.25, -0.2) is 0 Å². The molecule has 0 aromatic carbocycles. The molecule has 0 aromatic heterocycles. The van der Waals surface area contributed by atoms with Crippen molar-refractivity contribution in [2.75, 3.05) is 26.2 Å². The Hall–Kier alpha value is -1.10. The molecular formula is C19H35N3O2. The van der Waals surface area contributed by atoms with E-state index in [0.717, 1.165) is 51.7 Å². The fraction of sp³-hybridized carbons (Fsp3) is 0.895. The van der Waals surface area contributed by atoms with Crippen LogP contribution in [0.1, 0.15) is 65.7 Å². The van der Waals surface area contributed by atoms with E-state index in [1.807, 2.05) is 0 Å². The van der Waals surface area contributed by atoms with Crippen LogP contribution in [0.2, 0.25) is 0 Å². The second kappa shape index (κ2) is 8.84. The molecule has 1 heterocycles. The van der Waals surface area contributed by atoms with Crippen molar-refractivity contribution in [3.8, 4) is 0 Å². The van der Waals surface area contributed by atoms with Crippen molar-refractivity contribution >= 4 is 11.8 Å². The topological polar surface area (TPSA) is 61.4 Å². The first-order valence-corrected chi connectivity index (χ1v) is 9.72. The summed E-state index contributed by atoms with van der Waals surface area (Å²) in [6.45, 7) is 9.53. The summed E-state index contributed by atoms with van der Waals surface area (Å²) >= 11 is 0. The fourth-order valence-corrected chi connectivity index (χ4v) is 4.04. The number of carbonyl (C=O) groups excluding carboxylic acids is 2. The van der Waals surface area contributed by atoms with Crippen LogP contribution in [0.5, 0.6) is 0 Å². The maximum atomic E-state index is 12.7. The van der Waals surface area contributed by atoms with E-state index in [0.29, 0.717) is 6.54 Å². The average Bonchev–Trinajstić information content (AvgIpc) is 2.54. The summed E-state index contributed by atoms with van der Waals surface area (Å²) in [5.74, 6) is 0.520. The van der Waals surface area contributed by atoms with Crippen molar-refractivity contribution in [1.29, 1.82) is 0 Å². The minimum absolute atomic E-state index is 0.114. The molecule has 2 aliphatic rings. The third-order valence-corrected chi connectivity index (χ3v) is 5.70. The molecule has 24 heavy (non-hydrogen) atoms. The number of rotatable bonds is 6. The van der Waals surface area contributed by atoms with Crippen molar-refractivity contribution in [3.05, 3.63) is 0 Å². The van der Waals surface area contributed by atoms with E-state index in [2.05, 4.69) is 36.3 Å². The van der Waals surface area contributed by atoms with E-state index in [1.54, 1.807) is 0 Å². The van der Waals surface area contributed by atoms with Crippen LogP contribution in [0.15, 0.2) is 0 Å². The highest BCUT2D eigenvalue weighted by Gasteiger charge is 2.37. The third kappa shape index (κ3) is 5.47. The molecule has 0 aromatic rings. The average molecular weight is 338 g/mol. The van der Waals surface area contributed by atoms with Gasteiger partial charge < -0.3 is 10.6 Å². The molecule has 5 nitrogen and oxygen atoms in total. The van der Waals surface area contributed by atoms with Gasteiger partial charge in [-0.2, -0.15) is 0 Å². The maximum Gasteiger partial charge on any atom is 0.234 e. The first-order chi connectivity index (χ1) is 11.4. The first-order valence-electron chi connectivity index (χ1n) is 9.72. The zero-order valence-corrected chi connectivity index (χ0v) is 15.7. The number of nitrogens with zero attached hydrogens (tertiary/aromatic N) is 1. The molecule has 0 radical (unpaired) electrons. The lowest BCUT2D eigenvalue weighted by Crippen LogP contribution is -2.50. The molecule has 0 spiro atoms. The molecule has 2 amide bonds. The molecular weight excluding hydrogens is 302 g/mol. The van der Waals surface area contributed by atoms with E-state index in [9.17, 15) is 9.59 Å². The number of carbonyl (C=O) groups is 2. The maximum absolute atomic E-state index is 12.7. The second-order valence-electron chi connectivity index (χ2n) is 8.20. The normalized spacial score (nSPS) is 25.2. The molecule has 138 valence electrons.